The zero-order valence-corrected chi connectivity index (χ0v) is 12.2. The van der Waals surface area contributed by atoms with Crippen LogP contribution in [0.25, 0.3) is 0 Å². The second-order valence-corrected chi connectivity index (χ2v) is 4.51. The molecule has 0 unspecified atom stereocenters. The van der Waals surface area contributed by atoms with Crippen molar-refractivity contribution < 1.29 is 9.47 Å². The number of nitrogens with one attached hydrogen (secondary N) is 1. The first-order valence-electron chi connectivity index (χ1n) is 6.32. The minimum atomic E-state index is 0.527. The van der Waals surface area contributed by atoms with Gasteiger partial charge in [0.25, 0.3) is 0 Å². The van der Waals surface area contributed by atoms with Gasteiger partial charge < -0.3 is 20.5 Å². The molecule has 1 aromatic carbocycles. The maximum absolute atomic E-state index is 5.84. The standard InChI is InChI=1S/C15H19N3O2/c1-9-8-18-15(10(2)14(9)19-4)20-11-5-6-12(16)13(7-11)17-3/h5-8,17H,16H2,1-4H3. The number of hydrogen-bond donors (Lipinski definition) is 2. The molecule has 0 fully saturated rings. The van der Waals surface area contributed by atoms with Crippen molar-refractivity contribution >= 4 is 11.4 Å². The first-order valence-corrected chi connectivity index (χ1v) is 6.32. The second kappa shape index (κ2) is 5.69. The highest BCUT2D eigenvalue weighted by Gasteiger charge is 2.12. The summed E-state index contributed by atoms with van der Waals surface area (Å²) in [6.45, 7) is 3.87. The molecule has 2 rings (SSSR count). The third-order valence-electron chi connectivity index (χ3n) is 3.11. The Morgan fingerprint density at radius 2 is 2.00 bits per heavy atom. The third kappa shape index (κ3) is 2.61. The smallest absolute Gasteiger partial charge is 0.225 e. The van der Waals surface area contributed by atoms with Crippen LogP contribution < -0.4 is 20.5 Å². The van der Waals surface area contributed by atoms with Gasteiger partial charge in [-0.3, -0.25) is 0 Å². The van der Waals surface area contributed by atoms with Crippen LogP contribution in [0.3, 0.4) is 0 Å². The summed E-state index contributed by atoms with van der Waals surface area (Å²) in [5.74, 6) is 1.99. The molecule has 0 atom stereocenters. The Morgan fingerprint density at radius 3 is 2.65 bits per heavy atom. The summed E-state index contributed by atoms with van der Waals surface area (Å²) in [6, 6.07) is 5.44. The Labute approximate surface area is 118 Å². The van der Waals surface area contributed by atoms with Crippen LogP contribution in [0.2, 0.25) is 0 Å². The molecule has 0 radical (unpaired) electrons. The van der Waals surface area contributed by atoms with Gasteiger partial charge in [0.05, 0.1) is 24.0 Å². The van der Waals surface area contributed by atoms with Crippen molar-refractivity contribution in [1.82, 2.24) is 4.98 Å². The fraction of sp³-hybridized carbons (Fsp3) is 0.267. The summed E-state index contributed by atoms with van der Waals surface area (Å²) < 4.78 is 11.2. The Balaban J connectivity index is 2.35. The Hall–Kier alpha value is -2.43. The number of pyridine rings is 1. The molecule has 0 bridgehead atoms. The van der Waals surface area contributed by atoms with E-state index in [4.69, 9.17) is 15.2 Å². The van der Waals surface area contributed by atoms with Crippen LogP contribution in [0.1, 0.15) is 11.1 Å². The average molecular weight is 273 g/mol. The summed E-state index contributed by atoms with van der Waals surface area (Å²) in [6.07, 6.45) is 1.73. The van der Waals surface area contributed by atoms with E-state index in [0.29, 0.717) is 17.3 Å². The van der Waals surface area contributed by atoms with Crippen LogP contribution in [0.4, 0.5) is 11.4 Å². The SMILES string of the molecule is CNc1cc(Oc2ncc(C)c(OC)c2C)ccc1N. The number of nitrogens with zero attached hydrogens (tertiary/aromatic N) is 1. The summed E-state index contributed by atoms with van der Waals surface area (Å²) in [4.78, 5) is 4.31. The van der Waals surface area contributed by atoms with Gasteiger partial charge >= 0.3 is 0 Å². The molecule has 0 aliphatic rings. The first kappa shape index (κ1) is 14.0. The highest BCUT2D eigenvalue weighted by Crippen LogP contribution is 2.33. The van der Waals surface area contributed by atoms with Crippen LogP contribution in [0.15, 0.2) is 24.4 Å². The van der Waals surface area contributed by atoms with E-state index in [2.05, 4.69) is 10.3 Å². The van der Waals surface area contributed by atoms with Crippen LogP contribution in [-0.4, -0.2) is 19.1 Å². The molecule has 0 aliphatic heterocycles. The van der Waals surface area contributed by atoms with Crippen molar-refractivity contribution in [3.63, 3.8) is 0 Å². The van der Waals surface area contributed by atoms with E-state index in [1.807, 2.05) is 33.0 Å². The average Bonchev–Trinajstić information content (AvgIpc) is 2.44. The highest BCUT2D eigenvalue weighted by molar-refractivity contribution is 5.68. The molecule has 1 heterocycles. The number of aryl methyl sites for hydroxylation is 1. The molecule has 5 nitrogen and oxygen atoms in total. The van der Waals surface area contributed by atoms with E-state index in [-0.39, 0.29) is 0 Å². The van der Waals surface area contributed by atoms with Gasteiger partial charge in [-0.1, -0.05) is 0 Å². The van der Waals surface area contributed by atoms with Gasteiger partial charge in [0, 0.05) is 24.9 Å². The number of rotatable bonds is 4. The molecule has 0 spiro atoms. The summed E-state index contributed by atoms with van der Waals surface area (Å²) in [5.41, 5.74) is 9.17. The first-order chi connectivity index (χ1) is 9.56. The number of nitrogen functional groups attached to an aromatic ring is 1. The maximum atomic E-state index is 5.84. The fourth-order valence-electron chi connectivity index (χ4n) is 2.05. The van der Waals surface area contributed by atoms with Gasteiger partial charge in [-0.25, -0.2) is 4.98 Å². The van der Waals surface area contributed by atoms with E-state index >= 15 is 0 Å². The van der Waals surface area contributed by atoms with Crippen molar-refractivity contribution in [2.45, 2.75) is 13.8 Å². The van der Waals surface area contributed by atoms with Crippen molar-refractivity contribution in [3.05, 3.63) is 35.5 Å². The normalized spacial score (nSPS) is 10.2. The number of benzene rings is 1. The lowest BCUT2D eigenvalue weighted by atomic mass is 10.2. The minimum absolute atomic E-state index is 0.527. The minimum Gasteiger partial charge on any atom is -0.496 e. The van der Waals surface area contributed by atoms with Gasteiger partial charge in [-0.15, -0.1) is 0 Å². The number of anilines is 2. The van der Waals surface area contributed by atoms with Crippen molar-refractivity contribution in [1.29, 1.82) is 0 Å². The van der Waals surface area contributed by atoms with E-state index in [1.54, 1.807) is 19.4 Å². The molecule has 0 aliphatic carbocycles. The van der Waals surface area contributed by atoms with Gasteiger partial charge in [-0.2, -0.15) is 0 Å². The Kier molecular flexibility index (Phi) is 3.98. The predicted octanol–water partition coefficient (Wildman–Crippen LogP) is 3.12. The fourth-order valence-corrected chi connectivity index (χ4v) is 2.05. The molecule has 106 valence electrons. The molecule has 0 saturated carbocycles. The number of aromatic nitrogens is 1. The molecule has 0 saturated heterocycles. The van der Waals surface area contributed by atoms with E-state index in [1.165, 1.54) is 0 Å². The topological polar surface area (TPSA) is 69.4 Å². The Bertz CT molecular complexity index is 627. The third-order valence-corrected chi connectivity index (χ3v) is 3.11. The lowest BCUT2D eigenvalue weighted by molar-refractivity contribution is 0.397. The second-order valence-electron chi connectivity index (χ2n) is 4.51. The molecule has 20 heavy (non-hydrogen) atoms. The quantitative estimate of drug-likeness (QED) is 0.838. The van der Waals surface area contributed by atoms with Gasteiger partial charge in [0.2, 0.25) is 5.88 Å². The Morgan fingerprint density at radius 1 is 1.25 bits per heavy atom. The van der Waals surface area contributed by atoms with Gasteiger partial charge in [0.1, 0.15) is 11.5 Å². The zero-order chi connectivity index (χ0) is 14.7. The molecule has 0 amide bonds. The van der Waals surface area contributed by atoms with Crippen LogP contribution in [0, 0.1) is 13.8 Å². The van der Waals surface area contributed by atoms with E-state index in [0.717, 1.165) is 22.6 Å². The summed E-state index contributed by atoms with van der Waals surface area (Å²) in [5, 5.41) is 3.02. The molecule has 5 heteroatoms. The summed E-state index contributed by atoms with van der Waals surface area (Å²) in [7, 11) is 3.45. The number of methoxy groups -OCH3 is 1. The summed E-state index contributed by atoms with van der Waals surface area (Å²) >= 11 is 0. The number of nitrogens with two attached hydrogens (primary N) is 1. The zero-order valence-electron chi connectivity index (χ0n) is 12.2. The molecule has 3 N–H and O–H groups in total. The monoisotopic (exact) mass is 273 g/mol. The lowest BCUT2D eigenvalue weighted by Crippen LogP contribution is -1.99. The number of ether oxygens (including phenoxy) is 2. The molecular weight excluding hydrogens is 254 g/mol. The van der Waals surface area contributed by atoms with Crippen LogP contribution in [-0.2, 0) is 0 Å². The van der Waals surface area contributed by atoms with E-state index < -0.39 is 0 Å². The predicted molar refractivity (Wildman–Crippen MR) is 80.7 cm³/mol. The number of hydrogen-bond acceptors (Lipinski definition) is 5. The van der Waals surface area contributed by atoms with Crippen molar-refractivity contribution in [2.75, 3.05) is 25.2 Å². The van der Waals surface area contributed by atoms with Crippen LogP contribution in [0.5, 0.6) is 17.4 Å². The van der Waals surface area contributed by atoms with Crippen molar-refractivity contribution in [2.24, 2.45) is 0 Å². The highest BCUT2D eigenvalue weighted by atomic mass is 16.5. The maximum Gasteiger partial charge on any atom is 0.225 e. The molecule has 2 aromatic rings. The molecule has 1 aromatic heterocycles. The largest absolute Gasteiger partial charge is 0.496 e. The van der Waals surface area contributed by atoms with Crippen LogP contribution >= 0.6 is 0 Å². The lowest BCUT2D eigenvalue weighted by Gasteiger charge is -2.13. The molecular formula is C15H19N3O2. The van der Waals surface area contributed by atoms with Crippen molar-refractivity contribution in [3.8, 4) is 17.4 Å². The van der Waals surface area contributed by atoms with Gasteiger partial charge in [-0.05, 0) is 26.0 Å². The van der Waals surface area contributed by atoms with E-state index in [9.17, 15) is 0 Å². The van der Waals surface area contributed by atoms with Gasteiger partial charge in [0.15, 0.2) is 0 Å².